The minimum absolute atomic E-state index is 0.149. The second-order valence-electron chi connectivity index (χ2n) is 5.65. The number of nitrogens with zero attached hydrogens (tertiary/aromatic N) is 2. The molecule has 3 unspecified atom stereocenters. The Bertz CT molecular complexity index is 407. The highest BCUT2D eigenvalue weighted by molar-refractivity contribution is 9.11. The lowest BCUT2D eigenvalue weighted by molar-refractivity contribution is 0.129. The van der Waals surface area contributed by atoms with Gasteiger partial charge < -0.3 is 10.6 Å². The number of halogens is 1. The Hall–Kier alpha value is 0.0600. The maximum Gasteiger partial charge on any atom is 0.0702 e. The predicted octanol–water partition coefficient (Wildman–Crippen LogP) is 2.92. The molecule has 19 heavy (non-hydrogen) atoms. The van der Waals surface area contributed by atoms with Crippen LogP contribution in [0, 0.1) is 0 Å². The summed E-state index contributed by atoms with van der Waals surface area (Å²) in [5.41, 5.74) is 6.29. The number of hydrogen-bond donors (Lipinski definition) is 1. The van der Waals surface area contributed by atoms with E-state index in [4.69, 9.17) is 5.73 Å². The summed E-state index contributed by atoms with van der Waals surface area (Å²) >= 11 is 5.37. The van der Waals surface area contributed by atoms with Crippen LogP contribution in [-0.2, 0) is 0 Å². The van der Waals surface area contributed by atoms with Crippen molar-refractivity contribution in [1.29, 1.82) is 0 Å². The second-order valence-corrected chi connectivity index (χ2v) is 8.14. The summed E-state index contributed by atoms with van der Waals surface area (Å²) in [7, 11) is 2.21. The molecule has 2 N–H and O–H groups in total. The summed E-state index contributed by atoms with van der Waals surface area (Å²) in [5.74, 6) is 0. The van der Waals surface area contributed by atoms with Crippen molar-refractivity contribution < 1.29 is 0 Å². The van der Waals surface area contributed by atoms with E-state index in [1.807, 2.05) is 11.3 Å². The lowest BCUT2D eigenvalue weighted by Crippen LogP contribution is -2.45. The Labute approximate surface area is 128 Å². The molecule has 0 aromatic carbocycles. The minimum Gasteiger partial charge on any atom is -0.326 e. The van der Waals surface area contributed by atoms with Gasteiger partial charge in [0.15, 0.2) is 0 Å². The standard InChI is InChI=1S/C14H24BrN3S/c1-10-9-17(3)7-4-8-18(10)14(11(2)16)12-5-6-13(15)19-12/h5-6,10-11,14H,4,7-9,16H2,1-3H3. The van der Waals surface area contributed by atoms with Crippen molar-refractivity contribution in [2.24, 2.45) is 5.73 Å². The van der Waals surface area contributed by atoms with Gasteiger partial charge in [-0.05, 0) is 61.9 Å². The van der Waals surface area contributed by atoms with E-state index >= 15 is 0 Å². The van der Waals surface area contributed by atoms with Gasteiger partial charge in [0.25, 0.3) is 0 Å². The second kappa shape index (κ2) is 6.68. The van der Waals surface area contributed by atoms with Gasteiger partial charge in [0.1, 0.15) is 0 Å². The van der Waals surface area contributed by atoms with Crippen LogP contribution in [0.25, 0.3) is 0 Å². The van der Waals surface area contributed by atoms with E-state index in [1.165, 1.54) is 21.6 Å². The molecule has 1 aromatic heterocycles. The van der Waals surface area contributed by atoms with Gasteiger partial charge in [-0.25, -0.2) is 0 Å². The smallest absolute Gasteiger partial charge is 0.0702 e. The molecule has 2 rings (SSSR count). The molecule has 2 heterocycles. The van der Waals surface area contributed by atoms with Crippen LogP contribution in [0.2, 0.25) is 0 Å². The van der Waals surface area contributed by atoms with Crippen LogP contribution >= 0.6 is 27.3 Å². The number of rotatable bonds is 3. The summed E-state index contributed by atoms with van der Waals surface area (Å²) in [6.07, 6.45) is 1.22. The monoisotopic (exact) mass is 345 g/mol. The molecule has 1 aliphatic heterocycles. The van der Waals surface area contributed by atoms with Gasteiger partial charge in [-0.2, -0.15) is 0 Å². The highest BCUT2D eigenvalue weighted by Gasteiger charge is 2.30. The van der Waals surface area contributed by atoms with E-state index < -0.39 is 0 Å². The van der Waals surface area contributed by atoms with Gasteiger partial charge in [-0.15, -0.1) is 11.3 Å². The van der Waals surface area contributed by atoms with Gasteiger partial charge in [-0.3, -0.25) is 4.90 Å². The number of likely N-dealkylation sites (N-methyl/N-ethyl adjacent to an activating group) is 1. The number of hydrogen-bond acceptors (Lipinski definition) is 4. The fourth-order valence-corrected chi connectivity index (χ4v) is 4.68. The van der Waals surface area contributed by atoms with Crippen molar-refractivity contribution in [3.63, 3.8) is 0 Å². The van der Waals surface area contributed by atoms with Crippen LogP contribution < -0.4 is 5.73 Å². The molecule has 0 aliphatic carbocycles. The minimum atomic E-state index is 0.149. The van der Waals surface area contributed by atoms with Crippen molar-refractivity contribution in [3.8, 4) is 0 Å². The molecular weight excluding hydrogens is 322 g/mol. The van der Waals surface area contributed by atoms with E-state index in [-0.39, 0.29) is 6.04 Å². The van der Waals surface area contributed by atoms with E-state index in [9.17, 15) is 0 Å². The van der Waals surface area contributed by atoms with Crippen molar-refractivity contribution >= 4 is 27.3 Å². The van der Waals surface area contributed by atoms with Crippen LogP contribution in [0.4, 0.5) is 0 Å². The van der Waals surface area contributed by atoms with E-state index in [2.05, 4.69) is 58.8 Å². The Morgan fingerprint density at radius 2 is 2.16 bits per heavy atom. The fraction of sp³-hybridized carbons (Fsp3) is 0.714. The SMILES string of the molecule is CC(N)C(c1ccc(Br)s1)N1CCCN(C)CC1C. The molecule has 0 spiro atoms. The highest BCUT2D eigenvalue weighted by Crippen LogP contribution is 2.34. The zero-order valence-electron chi connectivity index (χ0n) is 12.0. The Kier molecular flexibility index (Phi) is 5.43. The molecule has 1 saturated heterocycles. The third-order valence-corrected chi connectivity index (χ3v) is 5.53. The van der Waals surface area contributed by atoms with Crippen molar-refractivity contribution in [2.75, 3.05) is 26.7 Å². The molecule has 3 atom stereocenters. The van der Waals surface area contributed by atoms with Crippen LogP contribution in [0.3, 0.4) is 0 Å². The number of thiophene rings is 1. The number of nitrogens with two attached hydrogens (primary N) is 1. The molecule has 5 heteroatoms. The molecular formula is C14H24BrN3S. The summed E-state index contributed by atoms with van der Waals surface area (Å²) in [5, 5.41) is 0. The van der Waals surface area contributed by atoms with Gasteiger partial charge in [0.05, 0.1) is 9.83 Å². The molecule has 108 valence electrons. The largest absolute Gasteiger partial charge is 0.326 e. The topological polar surface area (TPSA) is 32.5 Å². The zero-order chi connectivity index (χ0) is 14.0. The van der Waals surface area contributed by atoms with E-state index in [0.717, 1.165) is 13.1 Å². The normalized spacial score (nSPS) is 26.1. The lowest BCUT2D eigenvalue weighted by atomic mass is 10.0. The average molecular weight is 346 g/mol. The summed E-state index contributed by atoms with van der Waals surface area (Å²) in [6, 6.07) is 5.37. The average Bonchev–Trinajstić information content (AvgIpc) is 2.66. The van der Waals surface area contributed by atoms with Gasteiger partial charge in [0.2, 0.25) is 0 Å². The first-order valence-corrected chi connectivity index (χ1v) is 8.55. The third kappa shape index (κ3) is 3.79. The van der Waals surface area contributed by atoms with Crippen LogP contribution in [-0.4, -0.2) is 48.6 Å². The zero-order valence-corrected chi connectivity index (χ0v) is 14.4. The summed E-state index contributed by atoms with van der Waals surface area (Å²) < 4.78 is 1.19. The molecule has 0 saturated carbocycles. The summed E-state index contributed by atoms with van der Waals surface area (Å²) in [4.78, 5) is 6.39. The maximum absolute atomic E-state index is 6.29. The first-order chi connectivity index (χ1) is 8.99. The Morgan fingerprint density at radius 1 is 1.42 bits per heavy atom. The van der Waals surface area contributed by atoms with Crippen molar-refractivity contribution in [1.82, 2.24) is 9.80 Å². The van der Waals surface area contributed by atoms with Gasteiger partial charge in [0, 0.05) is 30.1 Å². The Morgan fingerprint density at radius 3 is 2.74 bits per heavy atom. The van der Waals surface area contributed by atoms with E-state index in [0.29, 0.717) is 12.1 Å². The lowest BCUT2D eigenvalue weighted by Gasteiger charge is -2.37. The first kappa shape index (κ1) is 15.4. The molecule has 0 radical (unpaired) electrons. The molecule has 3 nitrogen and oxygen atoms in total. The van der Waals surface area contributed by atoms with Crippen molar-refractivity contribution in [2.45, 2.75) is 38.4 Å². The molecule has 0 amide bonds. The van der Waals surface area contributed by atoms with Crippen LogP contribution in [0.15, 0.2) is 15.9 Å². The van der Waals surface area contributed by atoms with Crippen LogP contribution in [0.1, 0.15) is 31.2 Å². The third-order valence-electron chi connectivity index (χ3n) is 3.84. The first-order valence-electron chi connectivity index (χ1n) is 6.94. The fourth-order valence-electron chi connectivity index (χ4n) is 3.02. The maximum atomic E-state index is 6.29. The Balaban J connectivity index is 2.23. The predicted molar refractivity (Wildman–Crippen MR) is 86.7 cm³/mol. The molecule has 1 aliphatic rings. The quantitative estimate of drug-likeness (QED) is 0.913. The van der Waals surface area contributed by atoms with Gasteiger partial charge >= 0.3 is 0 Å². The molecule has 1 fully saturated rings. The molecule has 0 bridgehead atoms. The van der Waals surface area contributed by atoms with E-state index in [1.54, 1.807) is 0 Å². The van der Waals surface area contributed by atoms with Gasteiger partial charge in [-0.1, -0.05) is 0 Å². The van der Waals surface area contributed by atoms with Crippen molar-refractivity contribution in [3.05, 3.63) is 20.8 Å². The highest BCUT2D eigenvalue weighted by atomic mass is 79.9. The summed E-state index contributed by atoms with van der Waals surface area (Å²) in [6.45, 7) is 7.88. The van der Waals surface area contributed by atoms with Crippen LogP contribution in [0.5, 0.6) is 0 Å². The molecule has 1 aromatic rings.